The first kappa shape index (κ1) is 20.3. The summed E-state index contributed by atoms with van der Waals surface area (Å²) in [5.74, 6) is 0.819. The van der Waals surface area contributed by atoms with Crippen LogP contribution < -0.4 is 9.47 Å². The van der Waals surface area contributed by atoms with E-state index in [4.69, 9.17) is 26.5 Å². The molecule has 0 spiro atoms. The molecule has 1 aromatic heterocycles. The minimum atomic E-state index is -0.419. The number of methoxy groups -OCH3 is 2. The van der Waals surface area contributed by atoms with Crippen LogP contribution in [0.2, 0.25) is 5.02 Å². The van der Waals surface area contributed by atoms with E-state index in [1.807, 2.05) is 24.5 Å². The van der Waals surface area contributed by atoms with E-state index in [1.165, 1.54) is 11.8 Å². The van der Waals surface area contributed by atoms with Gasteiger partial charge in [-0.25, -0.2) is 0 Å². The maximum Gasteiger partial charge on any atom is 0.283 e. The summed E-state index contributed by atoms with van der Waals surface area (Å²) in [6.45, 7) is 3.89. The quantitative estimate of drug-likeness (QED) is 0.703. The number of hydrogen-bond acceptors (Lipinski definition) is 5. The van der Waals surface area contributed by atoms with Crippen LogP contribution in [0, 0.1) is 19.3 Å². The number of carbonyl (C=O) groups excluding carboxylic acids is 1. The van der Waals surface area contributed by atoms with Gasteiger partial charge in [-0.15, -0.1) is 0 Å². The topological polar surface area (TPSA) is 79.9 Å². The van der Waals surface area contributed by atoms with E-state index in [9.17, 15) is 4.79 Å². The van der Waals surface area contributed by atoms with Crippen LogP contribution in [0.5, 0.6) is 11.5 Å². The number of amidine groups is 2. The molecule has 2 aromatic rings. The Labute approximate surface area is 183 Å². The molecule has 0 saturated heterocycles. The van der Waals surface area contributed by atoms with Crippen molar-refractivity contribution in [2.45, 2.75) is 13.8 Å². The molecule has 3 heterocycles. The van der Waals surface area contributed by atoms with E-state index >= 15 is 0 Å². The third-order valence-corrected chi connectivity index (χ3v) is 6.03. The van der Waals surface area contributed by atoms with Gasteiger partial charge in [0.25, 0.3) is 5.91 Å². The summed E-state index contributed by atoms with van der Waals surface area (Å²) < 4.78 is 12.8. The van der Waals surface area contributed by atoms with Crippen molar-refractivity contribution in [1.82, 2.24) is 9.47 Å². The Balaban J connectivity index is 1.82. The van der Waals surface area contributed by atoms with E-state index in [0.717, 1.165) is 22.6 Å². The molecule has 0 aliphatic carbocycles. The SMILES string of the molecule is COc1cc(OC)c(-n2c(C)cc(/C=C3/C(=N)N4C=CSC4=NC3=O)c2C)cc1Cl. The van der Waals surface area contributed by atoms with Crippen molar-refractivity contribution < 1.29 is 14.3 Å². The molecule has 30 heavy (non-hydrogen) atoms. The largest absolute Gasteiger partial charge is 0.495 e. The van der Waals surface area contributed by atoms with Crippen molar-refractivity contribution in [2.75, 3.05) is 14.2 Å². The maximum absolute atomic E-state index is 12.5. The molecule has 0 unspecified atom stereocenters. The monoisotopic (exact) mass is 442 g/mol. The van der Waals surface area contributed by atoms with Gasteiger partial charge in [0.2, 0.25) is 0 Å². The molecule has 4 rings (SSSR count). The summed E-state index contributed by atoms with van der Waals surface area (Å²) in [7, 11) is 3.14. The molecule has 0 fully saturated rings. The number of nitrogens with zero attached hydrogens (tertiary/aromatic N) is 3. The lowest BCUT2D eigenvalue weighted by Crippen LogP contribution is -2.35. The molecule has 2 aliphatic heterocycles. The van der Waals surface area contributed by atoms with Crippen LogP contribution in [-0.4, -0.2) is 40.6 Å². The summed E-state index contributed by atoms with van der Waals surface area (Å²) in [6.07, 6.45) is 3.44. The van der Waals surface area contributed by atoms with Gasteiger partial charge in [0.15, 0.2) is 5.17 Å². The maximum atomic E-state index is 12.5. The number of carbonyl (C=O) groups is 1. The summed E-state index contributed by atoms with van der Waals surface area (Å²) >= 11 is 7.68. The Morgan fingerprint density at radius 2 is 1.90 bits per heavy atom. The molecule has 1 aromatic carbocycles. The number of rotatable bonds is 4. The van der Waals surface area contributed by atoms with E-state index < -0.39 is 5.91 Å². The van der Waals surface area contributed by atoms with Gasteiger partial charge in [0, 0.05) is 23.7 Å². The van der Waals surface area contributed by atoms with Crippen LogP contribution in [0.1, 0.15) is 17.0 Å². The van der Waals surface area contributed by atoms with Crippen molar-refractivity contribution in [3.63, 3.8) is 0 Å². The predicted molar refractivity (Wildman–Crippen MR) is 120 cm³/mol. The van der Waals surface area contributed by atoms with Crippen LogP contribution in [0.25, 0.3) is 11.8 Å². The van der Waals surface area contributed by atoms with Crippen LogP contribution in [-0.2, 0) is 4.79 Å². The highest BCUT2D eigenvalue weighted by Crippen LogP contribution is 2.37. The highest BCUT2D eigenvalue weighted by molar-refractivity contribution is 8.16. The lowest BCUT2D eigenvalue weighted by atomic mass is 10.1. The van der Waals surface area contributed by atoms with Crippen molar-refractivity contribution in [2.24, 2.45) is 4.99 Å². The van der Waals surface area contributed by atoms with Gasteiger partial charge in [-0.1, -0.05) is 23.4 Å². The van der Waals surface area contributed by atoms with Crippen LogP contribution in [0.15, 0.2) is 40.4 Å². The molecule has 1 amide bonds. The lowest BCUT2D eigenvalue weighted by molar-refractivity contribution is -0.114. The summed E-state index contributed by atoms with van der Waals surface area (Å²) in [5, 5.41) is 11.2. The zero-order chi connectivity index (χ0) is 21.6. The minimum Gasteiger partial charge on any atom is -0.495 e. The van der Waals surface area contributed by atoms with Gasteiger partial charge in [0.1, 0.15) is 17.3 Å². The zero-order valence-electron chi connectivity index (χ0n) is 16.8. The summed E-state index contributed by atoms with van der Waals surface area (Å²) in [5.41, 5.74) is 3.61. The van der Waals surface area contributed by atoms with Crippen LogP contribution in [0.4, 0.5) is 0 Å². The average molecular weight is 443 g/mol. The number of aryl methyl sites for hydroxylation is 1. The fourth-order valence-electron chi connectivity index (χ4n) is 3.51. The van der Waals surface area contributed by atoms with E-state index in [0.29, 0.717) is 21.7 Å². The molecule has 0 atom stereocenters. The third-order valence-electron chi connectivity index (χ3n) is 4.98. The van der Waals surface area contributed by atoms with Crippen molar-refractivity contribution in [3.05, 3.63) is 57.4 Å². The zero-order valence-corrected chi connectivity index (χ0v) is 18.4. The first-order chi connectivity index (χ1) is 14.3. The molecule has 9 heteroatoms. The van der Waals surface area contributed by atoms with Crippen LogP contribution >= 0.6 is 23.4 Å². The average Bonchev–Trinajstić information content (AvgIpc) is 3.29. The standard InChI is InChI=1S/C21H19ClN4O3S/c1-11-7-13(8-14-19(23)25-5-6-30-21(25)24-20(14)27)12(2)26(11)16-9-15(22)17(28-3)10-18(16)29-4/h5-10,23H,1-4H3/b14-8-,23-19?. The normalized spacial score (nSPS) is 16.9. The second-order valence-electron chi connectivity index (χ2n) is 6.70. The molecule has 154 valence electrons. The number of thioether (sulfide) groups is 1. The molecule has 0 bridgehead atoms. The third kappa shape index (κ3) is 3.22. The Morgan fingerprint density at radius 3 is 2.60 bits per heavy atom. The van der Waals surface area contributed by atoms with Gasteiger partial charge >= 0.3 is 0 Å². The number of aliphatic imine (C=N–C) groups is 1. The molecule has 7 nitrogen and oxygen atoms in total. The Hall–Kier alpha value is -2.97. The molecule has 1 N–H and O–H groups in total. The number of aromatic nitrogens is 1. The van der Waals surface area contributed by atoms with Gasteiger partial charge in [-0.3, -0.25) is 15.1 Å². The smallest absolute Gasteiger partial charge is 0.283 e. The van der Waals surface area contributed by atoms with Gasteiger partial charge in [0.05, 0.1) is 30.5 Å². The van der Waals surface area contributed by atoms with Gasteiger partial charge < -0.3 is 14.0 Å². The highest BCUT2D eigenvalue weighted by atomic mass is 35.5. The summed E-state index contributed by atoms with van der Waals surface area (Å²) in [6, 6.07) is 5.48. The predicted octanol–water partition coefficient (Wildman–Crippen LogP) is 4.54. The molecule has 0 saturated carbocycles. The van der Waals surface area contributed by atoms with E-state index in [1.54, 1.807) is 48.9 Å². The first-order valence-electron chi connectivity index (χ1n) is 9.02. The van der Waals surface area contributed by atoms with Gasteiger partial charge in [-0.2, -0.15) is 4.99 Å². The number of amides is 1. The number of hydrogen-bond donors (Lipinski definition) is 1. The number of benzene rings is 1. The summed E-state index contributed by atoms with van der Waals surface area (Å²) in [4.78, 5) is 18.2. The van der Waals surface area contributed by atoms with Crippen molar-refractivity contribution >= 4 is 46.3 Å². The molecule has 0 radical (unpaired) electrons. The van der Waals surface area contributed by atoms with Crippen molar-refractivity contribution in [1.29, 1.82) is 5.41 Å². The fraction of sp³-hybridized carbons (Fsp3) is 0.190. The Morgan fingerprint density at radius 1 is 1.17 bits per heavy atom. The van der Waals surface area contributed by atoms with Gasteiger partial charge in [-0.05, 0) is 43.0 Å². The number of halogens is 1. The molecule has 2 aliphatic rings. The minimum absolute atomic E-state index is 0.112. The van der Waals surface area contributed by atoms with E-state index in [2.05, 4.69) is 4.99 Å². The van der Waals surface area contributed by atoms with Crippen LogP contribution in [0.3, 0.4) is 0 Å². The van der Waals surface area contributed by atoms with E-state index in [-0.39, 0.29) is 11.4 Å². The number of nitrogens with one attached hydrogen (secondary N) is 1. The second-order valence-corrected chi connectivity index (χ2v) is 7.98. The van der Waals surface area contributed by atoms with Crippen molar-refractivity contribution in [3.8, 4) is 17.2 Å². The highest BCUT2D eigenvalue weighted by Gasteiger charge is 2.31. The number of ether oxygens (including phenoxy) is 2. The lowest BCUT2D eigenvalue weighted by Gasteiger charge is -2.22. The Bertz CT molecular complexity index is 1180. The molecular weight excluding hydrogens is 424 g/mol. The number of fused-ring (bicyclic) bond motifs is 1. The Kier molecular flexibility index (Phi) is 5.21. The first-order valence-corrected chi connectivity index (χ1v) is 10.3. The fourth-order valence-corrected chi connectivity index (χ4v) is 4.45. The molecular formula is C21H19ClN4O3S. The second kappa shape index (κ2) is 7.70.